The van der Waals surface area contributed by atoms with Crippen molar-refractivity contribution < 1.29 is 14.6 Å². The number of hydrogen-bond donors (Lipinski definition) is 2. The van der Waals surface area contributed by atoms with Gasteiger partial charge < -0.3 is 15.2 Å². The molecule has 2 N–H and O–H groups in total. The quantitative estimate of drug-likeness (QED) is 0.516. The first-order valence-electron chi connectivity index (χ1n) is 11.8. The summed E-state index contributed by atoms with van der Waals surface area (Å²) in [5.41, 5.74) is 3.04. The third-order valence-corrected chi connectivity index (χ3v) is 6.55. The predicted molar refractivity (Wildman–Crippen MR) is 124 cm³/mol. The van der Waals surface area contributed by atoms with Crippen molar-refractivity contribution in [1.29, 1.82) is 0 Å². The molecule has 178 valence electrons. The first-order valence-corrected chi connectivity index (χ1v) is 11.8. The highest BCUT2D eigenvalue weighted by Crippen LogP contribution is 2.38. The highest BCUT2D eigenvalue weighted by Gasteiger charge is 2.29. The van der Waals surface area contributed by atoms with Gasteiger partial charge in [0.1, 0.15) is 23.1 Å². The summed E-state index contributed by atoms with van der Waals surface area (Å²) in [6.45, 7) is 2.39. The molecule has 10 heteroatoms. The Balaban J connectivity index is 1.29. The Morgan fingerprint density at radius 3 is 2.82 bits per heavy atom. The number of hydrogen-bond acceptors (Lipinski definition) is 8. The highest BCUT2D eigenvalue weighted by atomic mass is 16.5. The van der Waals surface area contributed by atoms with Crippen LogP contribution in [0.3, 0.4) is 0 Å². The zero-order valence-corrected chi connectivity index (χ0v) is 19.4. The lowest BCUT2D eigenvalue weighted by atomic mass is 9.87. The molecular weight excluding hydrogens is 434 g/mol. The number of carbonyl (C=O) groups is 1. The van der Waals surface area contributed by atoms with Gasteiger partial charge in [0, 0.05) is 19.2 Å². The van der Waals surface area contributed by atoms with E-state index >= 15 is 0 Å². The second-order valence-electron chi connectivity index (χ2n) is 9.16. The maximum Gasteiger partial charge on any atom is 0.306 e. The number of carboxylic acid groups (broad SMARTS) is 1. The fourth-order valence-electron chi connectivity index (χ4n) is 4.42. The molecule has 0 amide bonds. The van der Waals surface area contributed by atoms with Gasteiger partial charge in [-0.25, -0.2) is 19.6 Å². The van der Waals surface area contributed by atoms with Gasteiger partial charge in [0.2, 0.25) is 0 Å². The normalized spacial score (nSPS) is 20.2. The van der Waals surface area contributed by atoms with Crippen LogP contribution in [0.1, 0.15) is 61.7 Å². The zero-order chi connectivity index (χ0) is 23.7. The van der Waals surface area contributed by atoms with Gasteiger partial charge in [-0.1, -0.05) is 5.21 Å². The van der Waals surface area contributed by atoms with Crippen molar-refractivity contribution in [2.45, 2.75) is 64.0 Å². The van der Waals surface area contributed by atoms with Crippen LogP contribution in [0.2, 0.25) is 0 Å². The van der Waals surface area contributed by atoms with E-state index in [9.17, 15) is 9.90 Å². The van der Waals surface area contributed by atoms with E-state index in [0.29, 0.717) is 42.4 Å². The molecule has 0 unspecified atom stereocenters. The van der Waals surface area contributed by atoms with Gasteiger partial charge in [-0.05, 0) is 63.6 Å². The summed E-state index contributed by atoms with van der Waals surface area (Å²) in [6.07, 6.45) is 6.96. The number of aryl methyl sites for hydroxylation is 2. The van der Waals surface area contributed by atoms with E-state index in [0.717, 1.165) is 48.7 Å². The number of aliphatic carboxylic acids is 1. The van der Waals surface area contributed by atoms with Crippen LogP contribution < -0.4 is 10.1 Å². The Bertz CT molecular complexity index is 1190. The van der Waals surface area contributed by atoms with Crippen molar-refractivity contribution in [2.24, 2.45) is 13.0 Å². The van der Waals surface area contributed by atoms with Gasteiger partial charge in [0.25, 0.3) is 0 Å². The van der Waals surface area contributed by atoms with Crippen molar-refractivity contribution in [1.82, 2.24) is 29.9 Å². The number of aromatic nitrogens is 6. The molecule has 0 aliphatic heterocycles. The number of ether oxygens (including phenoxy) is 1. The maximum absolute atomic E-state index is 11.4. The van der Waals surface area contributed by atoms with E-state index < -0.39 is 5.97 Å². The van der Waals surface area contributed by atoms with E-state index in [2.05, 4.69) is 25.6 Å². The van der Waals surface area contributed by atoms with E-state index in [4.69, 9.17) is 9.72 Å². The van der Waals surface area contributed by atoms with E-state index in [1.807, 2.05) is 32.2 Å². The first kappa shape index (κ1) is 22.2. The second kappa shape index (κ2) is 9.36. The van der Waals surface area contributed by atoms with Crippen LogP contribution >= 0.6 is 0 Å². The molecule has 5 rings (SSSR count). The van der Waals surface area contributed by atoms with Gasteiger partial charge in [-0.3, -0.25) is 4.79 Å². The Morgan fingerprint density at radius 2 is 2.06 bits per heavy atom. The lowest BCUT2D eigenvalue weighted by Crippen LogP contribution is -2.29. The Hall–Kier alpha value is -3.56. The molecule has 3 aromatic heterocycles. The fourth-order valence-corrected chi connectivity index (χ4v) is 4.42. The molecule has 2 fully saturated rings. The fraction of sp³-hybridized carbons (Fsp3) is 0.500. The van der Waals surface area contributed by atoms with Crippen molar-refractivity contribution in [3.8, 4) is 17.1 Å². The molecule has 2 aliphatic carbocycles. The van der Waals surface area contributed by atoms with E-state index in [1.54, 1.807) is 10.9 Å². The zero-order valence-electron chi connectivity index (χ0n) is 19.4. The topological polar surface area (TPSA) is 128 Å². The molecule has 3 heterocycles. The summed E-state index contributed by atoms with van der Waals surface area (Å²) in [5, 5.41) is 21.2. The molecule has 34 heavy (non-hydrogen) atoms. The van der Waals surface area contributed by atoms with Gasteiger partial charge in [-0.2, -0.15) is 0 Å². The molecule has 0 aromatic carbocycles. The molecule has 0 spiro atoms. The van der Waals surface area contributed by atoms with Gasteiger partial charge >= 0.3 is 5.97 Å². The first-order chi connectivity index (χ1) is 16.5. The van der Waals surface area contributed by atoms with Gasteiger partial charge in [0.15, 0.2) is 0 Å². The smallest absolute Gasteiger partial charge is 0.306 e. The summed E-state index contributed by atoms with van der Waals surface area (Å²) in [4.78, 5) is 25.1. The lowest BCUT2D eigenvalue weighted by molar-refractivity contribution is -0.143. The Kier molecular flexibility index (Phi) is 6.12. The van der Waals surface area contributed by atoms with E-state index in [1.165, 1.54) is 0 Å². The number of pyridine rings is 1. The van der Waals surface area contributed by atoms with E-state index in [-0.39, 0.29) is 12.0 Å². The van der Waals surface area contributed by atoms with Crippen molar-refractivity contribution in [3.05, 3.63) is 41.6 Å². The Labute approximate surface area is 197 Å². The SMILES string of the molecule is Cc1nc(-c2nnn(C)c2CNc2ccnc(C3CC3)n2)ccc1O[C@H]1CCC[C@H](C(=O)O)C1. The summed E-state index contributed by atoms with van der Waals surface area (Å²) < 4.78 is 7.88. The minimum atomic E-state index is -0.743. The average Bonchev–Trinajstić information content (AvgIpc) is 3.62. The monoisotopic (exact) mass is 463 g/mol. The van der Waals surface area contributed by atoms with Crippen LogP contribution in [-0.2, 0) is 18.4 Å². The molecule has 0 bridgehead atoms. The third kappa shape index (κ3) is 4.85. The molecule has 3 aromatic rings. The molecule has 2 atom stereocenters. The summed E-state index contributed by atoms with van der Waals surface area (Å²) in [5.74, 6) is 1.77. The third-order valence-electron chi connectivity index (χ3n) is 6.55. The van der Waals surface area contributed by atoms with Crippen molar-refractivity contribution >= 4 is 11.8 Å². The predicted octanol–water partition coefficient (Wildman–Crippen LogP) is 3.49. The van der Waals surface area contributed by atoms with Crippen LogP contribution in [0.25, 0.3) is 11.4 Å². The minimum absolute atomic E-state index is 0.106. The largest absolute Gasteiger partial charge is 0.489 e. The number of carboxylic acids is 1. The summed E-state index contributed by atoms with van der Waals surface area (Å²) >= 11 is 0. The van der Waals surface area contributed by atoms with Crippen molar-refractivity contribution in [3.63, 3.8) is 0 Å². The number of nitrogens with zero attached hydrogens (tertiary/aromatic N) is 6. The standard InChI is InChI=1S/C24H29N7O3/c1-14-20(34-17-5-3-4-16(12-17)24(32)33)9-8-18(27-14)22-19(31(2)30-29-22)13-26-21-10-11-25-23(28-21)15-6-7-15/h8-11,15-17H,3-7,12-13H2,1-2H3,(H,32,33)(H,25,26,28)/t16-,17-/m0/s1. The molecular formula is C24H29N7O3. The van der Waals surface area contributed by atoms with Crippen LogP contribution in [0, 0.1) is 12.8 Å². The average molecular weight is 464 g/mol. The van der Waals surface area contributed by atoms with Crippen molar-refractivity contribution in [2.75, 3.05) is 5.32 Å². The van der Waals surface area contributed by atoms with Crippen LogP contribution in [-0.4, -0.2) is 47.1 Å². The van der Waals surface area contributed by atoms with Crippen LogP contribution in [0.4, 0.5) is 5.82 Å². The Morgan fingerprint density at radius 1 is 1.21 bits per heavy atom. The van der Waals surface area contributed by atoms with Gasteiger partial charge in [-0.15, -0.1) is 5.10 Å². The molecule has 10 nitrogen and oxygen atoms in total. The van der Waals surface area contributed by atoms with Crippen LogP contribution in [0.5, 0.6) is 5.75 Å². The number of nitrogens with one attached hydrogen (secondary N) is 1. The number of rotatable bonds is 8. The van der Waals surface area contributed by atoms with Crippen LogP contribution in [0.15, 0.2) is 24.4 Å². The van der Waals surface area contributed by atoms with Gasteiger partial charge in [0.05, 0.1) is 35.6 Å². The highest BCUT2D eigenvalue weighted by molar-refractivity contribution is 5.70. The number of anilines is 1. The lowest BCUT2D eigenvalue weighted by Gasteiger charge is -2.27. The molecule has 0 saturated heterocycles. The minimum Gasteiger partial charge on any atom is -0.489 e. The molecule has 2 aliphatic rings. The second-order valence-corrected chi connectivity index (χ2v) is 9.16. The summed E-state index contributed by atoms with van der Waals surface area (Å²) in [7, 11) is 1.86. The maximum atomic E-state index is 11.4. The molecule has 2 saturated carbocycles. The summed E-state index contributed by atoms with van der Waals surface area (Å²) in [6, 6.07) is 5.63. The molecule has 0 radical (unpaired) electrons.